The van der Waals surface area contributed by atoms with Gasteiger partial charge in [0, 0.05) is 37.9 Å². The minimum Gasteiger partial charge on any atom is -0.384 e. The van der Waals surface area contributed by atoms with E-state index in [0.29, 0.717) is 6.04 Å². The monoisotopic (exact) mass is 259 g/mol. The zero-order valence-corrected chi connectivity index (χ0v) is 12.3. The molecule has 2 aliphatic heterocycles. The van der Waals surface area contributed by atoms with Crippen LogP contribution in [0.4, 0.5) is 5.69 Å². The van der Waals surface area contributed by atoms with Gasteiger partial charge in [0.1, 0.15) is 0 Å². The van der Waals surface area contributed by atoms with Crippen LogP contribution in [0.15, 0.2) is 18.2 Å². The van der Waals surface area contributed by atoms with E-state index in [1.807, 2.05) is 0 Å². The Morgan fingerprint density at radius 3 is 2.89 bits per heavy atom. The minimum atomic E-state index is 0.701. The predicted molar refractivity (Wildman–Crippen MR) is 80.6 cm³/mol. The normalized spacial score (nSPS) is 26.7. The Bertz CT molecular complexity index is 455. The second kappa shape index (κ2) is 5.14. The van der Waals surface area contributed by atoms with Gasteiger partial charge < -0.3 is 10.2 Å². The molecule has 0 radical (unpaired) electrons. The fourth-order valence-electron chi connectivity index (χ4n) is 3.54. The van der Waals surface area contributed by atoms with Crippen molar-refractivity contribution in [3.63, 3.8) is 0 Å². The Morgan fingerprint density at radius 2 is 2.16 bits per heavy atom. The molecule has 0 amide bonds. The van der Waals surface area contributed by atoms with Crippen molar-refractivity contribution in [2.75, 3.05) is 39.0 Å². The van der Waals surface area contributed by atoms with E-state index in [-0.39, 0.29) is 0 Å². The maximum absolute atomic E-state index is 3.47. The average Bonchev–Trinajstić information content (AvgIpc) is 2.95. The third-order valence-corrected chi connectivity index (χ3v) is 4.60. The van der Waals surface area contributed by atoms with E-state index in [2.05, 4.69) is 54.3 Å². The van der Waals surface area contributed by atoms with Gasteiger partial charge in [0.05, 0.1) is 0 Å². The summed E-state index contributed by atoms with van der Waals surface area (Å²) in [6.07, 6.45) is 1.18. The molecule has 1 saturated heterocycles. The van der Waals surface area contributed by atoms with Gasteiger partial charge in [0.25, 0.3) is 0 Å². The molecule has 3 heteroatoms. The largest absolute Gasteiger partial charge is 0.384 e. The smallest absolute Gasteiger partial charge is 0.0376 e. The van der Waals surface area contributed by atoms with Gasteiger partial charge in [0.2, 0.25) is 0 Å². The number of rotatable bonds is 3. The lowest BCUT2D eigenvalue weighted by atomic mass is 10.1. The number of hydrogen-bond acceptors (Lipinski definition) is 3. The second-order valence-corrected chi connectivity index (χ2v) is 6.37. The van der Waals surface area contributed by atoms with Gasteiger partial charge in [-0.25, -0.2) is 0 Å². The molecule has 0 spiro atoms. The lowest BCUT2D eigenvalue weighted by Crippen LogP contribution is -2.34. The SMILES string of the molecule is CC1CN(Cc2ccc3c(c2)NCC3)CC1N(C)C. The van der Waals surface area contributed by atoms with E-state index in [9.17, 15) is 0 Å². The number of nitrogens with zero attached hydrogens (tertiary/aromatic N) is 2. The third kappa shape index (κ3) is 2.63. The Morgan fingerprint density at radius 1 is 1.32 bits per heavy atom. The van der Waals surface area contributed by atoms with E-state index in [1.54, 1.807) is 0 Å². The lowest BCUT2D eigenvalue weighted by molar-refractivity contribution is 0.250. The molecule has 0 saturated carbocycles. The quantitative estimate of drug-likeness (QED) is 0.896. The summed E-state index contributed by atoms with van der Waals surface area (Å²) in [5.41, 5.74) is 4.28. The topological polar surface area (TPSA) is 18.5 Å². The summed E-state index contributed by atoms with van der Waals surface area (Å²) in [5, 5.41) is 3.47. The van der Waals surface area contributed by atoms with Gasteiger partial charge in [-0.1, -0.05) is 19.1 Å². The fraction of sp³-hybridized carbons (Fsp3) is 0.625. The molecule has 0 bridgehead atoms. The number of likely N-dealkylation sites (tertiary alicyclic amines) is 1. The molecule has 1 N–H and O–H groups in total. The molecule has 1 aromatic rings. The van der Waals surface area contributed by atoms with E-state index in [1.165, 1.54) is 36.3 Å². The standard InChI is InChI=1S/C16H25N3/c1-12-9-19(11-16(12)18(2)3)10-13-4-5-14-6-7-17-15(14)8-13/h4-5,8,12,16-17H,6-7,9-11H2,1-3H3. The van der Waals surface area contributed by atoms with Crippen LogP contribution in [-0.2, 0) is 13.0 Å². The van der Waals surface area contributed by atoms with Crippen LogP contribution in [0.25, 0.3) is 0 Å². The Labute approximate surface area is 116 Å². The van der Waals surface area contributed by atoms with Crippen molar-refractivity contribution >= 4 is 5.69 Å². The molecule has 0 aliphatic carbocycles. The predicted octanol–water partition coefficient (Wildman–Crippen LogP) is 2.04. The van der Waals surface area contributed by atoms with Crippen molar-refractivity contribution in [1.82, 2.24) is 9.80 Å². The average molecular weight is 259 g/mol. The molecule has 2 unspecified atom stereocenters. The molecule has 0 aromatic heterocycles. The molecule has 2 heterocycles. The van der Waals surface area contributed by atoms with Crippen LogP contribution in [-0.4, -0.2) is 49.6 Å². The zero-order chi connectivity index (χ0) is 13.4. The fourth-order valence-corrected chi connectivity index (χ4v) is 3.54. The van der Waals surface area contributed by atoms with Crippen LogP contribution in [0.5, 0.6) is 0 Å². The molecular weight excluding hydrogens is 234 g/mol. The summed E-state index contributed by atoms with van der Waals surface area (Å²) in [6, 6.07) is 7.65. The number of anilines is 1. The highest BCUT2D eigenvalue weighted by molar-refractivity contribution is 5.57. The number of benzene rings is 1. The van der Waals surface area contributed by atoms with Crippen molar-refractivity contribution < 1.29 is 0 Å². The number of fused-ring (bicyclic) bond motifs is 1. The lowest BCUT2D eigenvalue weighted by Gasteiger charge is -2.22. The van der Waals surface area contributed by atoms with Gasteiger partial charge in [-0.05, 0) is 43.6 Å². The van der Waals surface area contributed by atoms with Crippen molar-refractivity contribution in [2.45, 2.75) is 25.9 Å². The van der Waals surface area contributed by atoms with Crippen molar-refractivity contribution in [3.8, 4) is 0 Å². The first-order valence-electron chi connectivity index (χ1n) is 7.38. The Kier molecular flexibility index (Phi) is 3.50. The molecule has 1 aromatic carbocycles. The number of likely N-dealkylation sites (N-methyl/N-ethyl adjacent to an activating group) is 1. The number of hydrogen-bond donors (Lipinski definition) is 1. The highest BCUT2D eigenvalue weighted by Crippen LogP contribution is 2.26. The maximum atomic E-state index is 3.47. The second-order valence-electron chi connectivity index (χ2n) is 6.37. The molecule has 19 heavy (non-hydrogen) atoms. The first kappa shape index (κ1) is 12.9. The van der Waals surface area contributed by atoms with Crippen LogP contribution in [0, 0.1) is 5.92 Å². The Balaban J connectivity index is 1.66. The van der Waals surface area contributed by atoms with Gasteiger partial charge in [-0.15, -0.1) is 0 Å². The molecule has 1 fully saturated rings. The first-order chi connectivity index (χ1) is 9.13. The van der Waals surface area contributed by atoms with Crippen LogP contribution in [0.3, 0.4) is 0 Å². The molecular formula is C16H25N3. The summed E-state index contributed by atoms with van der Waals surface area (Å²) < 4.78 is 0. The maximum Gasteiger partial charge on any atom is 0.0376 e. The molecule has 3 nitrogen and oxygen atoms in total. The molecule has 2 aliphatic rings. The Hall–Kier alpha value is -1.06. The highest BCUT2D eigenvalue weighted by atomic mass is 15.2. The van der Waals surface area contributed by atoms with E-state index < -0.39 is 0 Å². The van der Waals surface area contributed by atoms with Crippen molar-refractivity contribution in [2.24, 2.45) is 5.92 Å². The summed E-state index contributed by atoms with van der Waals surface area (Å²) in [7, 11) is 4.40. The third-order valence-electron chi connectivity index (χ3n) is 4.60. The van der Waals surface area contributed by atoms with E-state index >= 15 is 0 Å². The van der Waals surface area contributed by atoms with Gasteiger partial charge in [-0.2, -0.15) is 0 Å². The summed E-state index contributed by atoms with van der Waals surface area (Å²) in [4.78, 5) is 4.96. The summed E-state index contributed by atoms with van der Waals surface area (Å²) in [5.74, 6) is 0.766. The van der Waals surface area contributed by atoms with Crippen molar-refractivity contribution in [1.29, 1.82) is 0 Å². The summed E-state index contributed by atoms with van der Waals surface area (Å²) >= 11 is 0. The summed E-state index contributed by atoms with van der Waals surface area (Å²) in [6.45, 7) is 6.97. The molecule has 2 atom stereocenters. The first-order valence-corrected chi connectivity index (χ1v) is 7.38. The minimum absolute atomic E-state index is 0.701. The van der Waals surface area contributed by atoms with E-state index in [0.717, 1.165) is 19.0 Å². The highest BCUT2D eigenvalue weighted by Gasteiger charge is 2.30. The van der Waals surface area contributed by atoms with E-state index in [4.69, 9.17) is 0 Å². The molecule has 3 rings (SSSR count). The van der Waals surface area contributed by atoms with Crippen LogP contribution in [0.2, 0.25) is 0 Å². The molecule has 104 valence electrons. The van der Waals surface area contributed by atoms with Gasteiger partial charge in [0.15, 0.2) is 0 Å². The number of nitrogens with one attached hydrogen (secondary N) is 1. The van der Waals surface area contributed by atoms with Gasteiger partial charge in [-0.3, -0.25) is 4.90 Å². The zero-order valence-electron chi connectivity index (χ0n) is 12.3. The van der Waals surface area contributed by atoms with Crippen molar-refractivity contribution in [3.05, 3.63) is 29.3 Å². The van der Waals surface area contributed by atoms with Crippen LogP contribution >= 0.6 is 0 Å². The van der Waals surface area contributed by atoms with Gasteiger partial charge >= 0.3 is 0 Å². The van der Waals surface area contributed by atoms with Crippen LogP contribution in [0.1, 0.15) is 18.1 Å². The van der Waals surface area contributed by atoms with Crippen LogP contribution < -0.4 is 5.32 Å².